The topological polar surface area (TPSA) is 57.6 Å². The van der Waals surface area contributed by atoms with Gasteiger partial charge >= 0.3 is 0 Å². The minimum atomic E-state index is -3.18. The van der Waals surface area contributed by atoms with E-state index in [1.165, 1.54) is 18.4 Å². The molecule has 0 aliphatic carbocycles. The summed E-state index contributed by atoms with van der Waals surface area (Å²) in [4.78, 5) is 1.77. The van der Waals surface area contributed by atoms with E-state index >= 15 is 0 Å². The molecule has 1 aromatic carbocycles. The Morgan fingerprint density at radius 2 is 1.95 bits per heavy atom. The maximum Gasteiger partial charge on any atom is 0.153 e. The predicted octanol–water partition coefficient (Wildman–Crippen LogP) is 1.92. The van der Waals surface area contributed by atoms with Gasteiger partial charge in [-0.1, -0.05) is 6.07 Å². The molecule has 1 N–H and O–H groups in total. The van der Waals surface area contributed by atoms with E-state index in [1.54, 1.807) is 38.8 Å². The fourth-order valence-corrected chi connectivity index (χ4v) is 2.69. The van der Waals surface area contributed by atoms with Crippen LogP contribution in [0, 0.1) is 12.7 Å². The van der Waals surface area contributed by atoms with Crippen LogP contribution in [0.15, 0.2) is 18.2 Å². The summed E-state index contributed by atoms with van der Waals surface area (Å²) < 4.78 is 35.6. The number of halogens is 1. The number of rotatable bonds is 6. The maximum absolute atomic E-state index is 13.1. The zero-order valence-corrected chi connectivity index (χ0v) is 14.0. The lowest BCUT2D eigenvalue weighted by atomic mass is 10.0. The lowest BCUT2D eigenvalue weighted by Gasteiger charge is -2.30. The summed E-state index contributed by atoms with van der Waals surface area (Å²) in [6, 6.07) is 4.25. The molecule has 0 spiro atoms. The van der Waals surface area contributed by atoms with Crippen LogP contribution in [0.2, 0.25) is 0 Å². The van der Waals surface area contributed by atoms with Gasteiger partial charge < -0.3 is 10.0 Å². The Bertz CT molecular complexity index is 599. The first-order valence-electron chi connectivity index (χ1n) is 6.76. The molecule has 0 fully saturated rings. The number of nitrogens with zero attached hydrogens (tertiary/aromatic N) is 1. The molecule has 4 nitrogen and oxygen atoms in total. The highest BCUT2D eigenvalue weighted by Gasteiger charge is 2.32. The lowest BCUT2D eigenvalue weighted by molar-refractivity contribution is 0.122. The van der Waals surface area contributed by atoms with Gasteiger partial charge in [0.05, 0.1) is 10.9 Å². The van der Waals surface area contributed by atoms with Crippen molar-refractivity contribution in [2.45, 2.75) is 31.6 Å². The second-order valence-electron chi connectivity index (χ2n) is 6.25. The average Bonchev–Trinajstić information content (AvgIpc) is 2.25. The van der Waals surface area contributed by atoms with Gasteiger partial charge in [0.25, 0.3) is 0 Å². The summed E-state index contributed by atoms with van der Waals surface area (Å²) in [5.74, 6) is -0.338. The Morgan fingerprint density at radius 1 is 1.38 bits per heavy atom. The van der Waals surface area contributed by atoms with Crippen LogP contribution >= 0.6 is 0 Å². The number of sulfone groups is 1. The van der Waals surface area contributed by atoms with Gasteiger partial charge in [0.2, 0.25) is 0 Å². The highest BCUT2D eigenvalue weighted by atomic mass is 32.2. The lowest BCUT2D eigenvalue weighted by Crippen LogP contribution is -2.43. The van der Waals surface area contributed by atoms with E-state index in [4.69, 9.17) is 0 Å². The standard InChI is InChI=1S/C15H24FNO3S/c1-11-8-12(16)6-7-13(11)14(18)9-17(4)10-15(2,3)21(5,19)20/h6-8,14,18H,9-10H2,1-5H3. The fraction of sp³-hybridized carbons (Fsp3) is 0.600. The van der Waals surface area contributed by atoms with Gasteiger partial charge in [0.15, 0.2) is 9.84 Å². The summed E-state index contributed by atoms with van der Waals surface area (Å²) in [6.45, 7) is 5.65. The molecule has 1 aromatic rings. The third-order valence-electron chi connectivity index (χ3n) is 3.73. The SMILES string of the molecule is Cc1cc(F)ccc1C(O)CN(C)CC(C)(C)S(C)(=O)=O. The zero-order chi connectivity index (χ0) is 16.4. The first kappa shape index (κ1) is 18.1. The molecule has 1 rings (SSSR count). The molecule has 0 amide bonds. The zero-order valence-electron chi connectivity index (χ0n) is 13.2. The van der Waals surface area contributed by atoms with Crippen molar-refractivity contribution in [3.63, 3.8) is 0 Å². The van der Waals surface area contributed by atoms with Crippen LogP contribution in [0.4, 0.5) is 4.39 Å². The van der Waals surface area contributed by atoms with Crippen molar-refractivity contribution >= 4 is 9.84 Å². The summed E-state index contributed by atoms with van der Waals surface area (Å²) >= 11 is 0. The van der Waals surface area contributed by atoms with Gasteiger partial charge in [0.1, 0.15) is 5.82 Å². The van der Waals surface area contributed by atoms with Crippen molar-refractivity contribution in [3.05, 3.63) is 35.1 Å². The largest absolute Gasteiger partial charge is 0.387 e. The molecule has 1 unspecified atom stereocenters. The van der Waals surface area contributed by atoms with E-state index in [9.17, 15) is 17.9 Å². The summed E-state index contributed by atoms with van der Waals surface area (Å²) in [5, 5.41) is 10.2. The van der Waals surface area contributed by atoms with E-state index in [2.05, 4.69) is 0 Å². The Hall–Kier alpha value is -0.980. The molecule has 1 atom stereocenters. The van der Waals surface area contributed by atoms with E-state index in [1.807, 2.05) is 0 Å². The highest BCUT2D eigenvalue weighted by molar-refractivity contribution is 7.92. The van der Waals surface area contributed by atoms with Gasteiger partial charge in [0, 0.05) is 19.3 Å². The monoisotopic (exact) mass is 317 g/mol. The van der Waals surface area contributed by atoms with Crippen molar-refractivity contribution in [2.75, 3.05) is 26.4 Å². The van der Waals surface area contributed by atoms with Crippen LogP contribution in [-0.2, 0) is 9.84 Å². The molecular formula is C15H24FNO3S. The third kappa shape index (κ3) is 4.76. The molecule has 6 heteroatoms. The average molecular weight is 317 g/mol. The van der Waals surface area contributed by atoms with Crippen molar-refractivity contribution in [1.29, 1.82) is 0 Å². The molecule has 0 aromatic heterocycles. The summed E-state index contributed by atoms with van der Waals surface area (Å²) in [6.07, 6.45) is 0.424. The minimum absolute atomic E-state index is 0.283. The smallest absolute Gasteiger partial charge is 0.153 e. The molecular weight excluding hydrogens is 293 g/mol. The highest BCUT2D eigenvalue weighted by Crippen LogP contribution is 2.21. The van der Waals surface area contributed by atoms with Crippen molar-refractivity contribution in [3.8, 4) is 0 Å². The Labute approximate surface area is 126 Å². The van der Waals surface area contributed by atoms with Crippen LogP contribution < -0.4 is 0 Å². The molecule has 0 aliphatic rings. The van der Waals surface area contributed by atoms with Crippen LogP contribution in [0.1, 0.15) is 31.1 Å². The van der Waals surface area contributed by atoms with Crippen LogP contribution in [0.25, 0.3) is 0 Å². The number of benzene rings is 1. The first-order chi connectivity index (χ1) is 9.44. The van der Waals surface area contributed by atoms with Crippen LogP contribution in [0.5, 0.6) is 0 Å². The summed E-state index contributed by atoms with van der Waals surface area (Å²) in [5.41, 5.74) is 1.33. The summed E-state index contributed by atoms with van der Waals surface area (Å²) in [7, 11) is -1.43. The van der Waals surface area contributed by atoms with Gasteiger partial charge in [-0.05, 0) is 51.1 Å². The molecule has 0 bridgehead atoms. The Balaban J connectivity index is 2.77. The quantitative estimate of drug-likeness (QED) is 0.871. The van der Waals surface area contributed by atoms with Crippen molar-refractivity contribution in [1.82, 2.24) is 4.90 Å². The predicted molar refractivity (Wildman–Crippen MR) is 82.5 cm³/mol. The second kappa shape index (κ2) is 6.42. The van der Waals surface area contributed by atoms with Gasteiger partial charge in [-0.25, -0.2) is 12.8 Å². The first-order valence-corrected chi connectivity index (χ1v) is 8.65. The van der Waals surface area contributed by atoms with Crippen molar-refractivity contribution in [2.24, 2.45) is 0 Å². The molecule has 0 saturated heterocycles. The normalized spacial score (nSPS) is 14.5. The molecule has 21 heavy (non-hydrogen) atoms. The van der Waals surface area contributed by atoms with Gasteiger partial charge in [-0.15, -0.1) is 0 Å². The number of aliphatic hydroxyl groups is 1. The molecule has 0 heterocycles. The van der Waals surface area contributed by atoms with Crippen molar-refractivity contribution < 1.29 is 17.9 Å². The maximum atomic E-state index is 13.1. The number of hydrogen-bond acceptors (Lipinski definition) is 4. The van der Waals surface area contributed by atoms with E-state index in [-0.39, 0.29) is 12.4 Å². The Morgan fingerprint density at radius 3 is 2.43 bits per heavy atom. The third-order valence-corrected chi connectivity index (χ3v) is 5.87. The molecule has 0 aliphatic heterocycles. The molecule has 120 valence electrons. The number of hydrogen-bond donors (Lipinski definition) is 1. The molecule has 0 radical (unpaired) electrons. The Kier molecular flexibility index (Phi) is 5.52. The van der Waals surface area contributed by atoms with Crippen LogP contribution in [0.3, 0.4) is 0 Å². The van der Waals surface area contributed by atoms with Crippen LogP contribution in [-0.4, -0.2) is 49.6 Å². The molecule has 0 saturated carbocycles. The van der Waals surface area contributed by atoms with E-state index in [0.29, 0.717) is 17.7 Å². The fourth-order valence-electron chi connectivity index (χ4n) is 2.24. The van der Waals surface area contributed by atoms with E-state index < -0.39 is 20.7 Å². The van der Waals surface area contributed by atoms with Gasteiger partial charge in [-0.2, -0.15) is 0 Å². The number of aryl methyl sites for hydroxylation is 1. The minimum Gasteiger partial charge on any atom is -0.387 e. The van der Waals surface area contributed by atoms with Gasteiger partial charge in [-0.3, -0.25) is 0 Å². The van der Waals surface area contributed by atoms with E-state index in [0.717, 1.165) is 0 Å². The number of aliphatic hydroxyl groups excluding tert-OH is 1. The number of likely N-dealkylation sites (N-methyl/N-ethyl adjacent to an activating group) is 1. The second-order valence-corrected chi connectivity index (χ2v) is 8.89.